The summed E-state index contributed by atoms with van der Waals surface area (Å²) in [7, 11) is 2.02. The fourth-order valence-electron chi connectivity index (χ4n) is 3.72. The third kappa shape index (κ3) is 5.05. The molecule has 23 heavy (non-hydrogen) atoms. The van der Waals surface area contributed by atoms with E-state index in [-0.39, 0.29) is 0 Å². The van der Waals surface area contributed by atoms with Gasteiger partial charge in [0, 0.05) is 6.61 Å². The summed E-state index contributed by atoms with van der Waals surface area (Å²) >= 11 is 6.13. The number of rotatable bonds is 4. The van der Waals surface area contributed by atoms with E-state index in [9.17, 15) is 5.11 Å². The lowest BCUT2D eigenvalue weighted by Crippen LogP contribution is -2.39. The van der Waals surface area contributed by atoms with Gasteiger partial charge in [0.05, 0.1) is 31.4 Å². The lowest BCUT2D eigenvalue weighted by atomic mass is 9.79. The first-order valence-electron chi connectivity index (χ1n) is 8.86. The Morgan fingerprint density at radius 2 is 2.17 bits per heavy atom. The number of guanidine groups is 1. The second kappa shape index (κ2) is 8.84. The van der Waals surface area contributed by atoms with Crippen molar-refractivity contribution in [3.63, 3.8) is 0 Å². The van der Waals surface area contributed by atoms with Crippen molar-refractivity contribution >= 4 is 23.8 Å². The summed E-state index contributed by atoms with van der Waals surface area (Å²) in [5.41, 5.74) is 0. The molecule has 1 fully saturated rings. The molecule has 2 aliphatic heterocycles. The first-order valence-corrected chi connectivity index (χ1v) is 9.24. The summed E-state index contributed by atoms with van der Waals surface area (Å²) in [5, 5.41) is 9.94. The molecule has 0 aromatic rings. The van der Waals surface area contributed by atoms with Crippen LogP contribution in [0.4, 0.5) is 0 Å². The second-order valence-corrected chi connectivity index (χ2v) is 7.43. The molecule has 0 spiro atoms. The topological polar surface area (TPSA) is 38.8 Å². The number of nitrogens with zero attached hydrogens (tertiary/aromatic N) is 3. The van der Waals surface area contributed by atoms with Crippen molar-refractivity contribution in [2.75, 3.05) is 33.3 Å². The zero-order valence-electron chi connectivity index (χ0n) is 14.7. The highest BCUT2D eigenvalue weighted by atomic mass is 35.5. The van der Waals surface area contributed by atoms with Crippen molar-refractivity contribution in [3.8, 4) is 0 Å². The van der Waals surface area contributed by atoms with Gasteiger partial charge in [-0.2, -0.15) is 0 Å². The highest BCUT2D eigenvalue weighted by molar-refractivity contribution is 6.38. The Hall–Kier alpha value is -0.870. The van der Waals surface area contributed by atoms with E-state index >= 15 is 0 Å². The number of halogens is 1. The third-order valence-electron chi connectivity index (χ3n) is 5.43. The Kier molecular flexibility index (Phi) is 7.09. The van der Waals surface area contributed by atoms with Crippen LogP contribution in [0.5, 0.6) is 0 Å². The van der Waals surface area contributed by atoms with Crippen LogP contribution < -0.4 is 0 Å². The SMILES string of the molecule is CC(CCO)C(C)C1CCCN(C2=NCC=C(Cl)C=[N+]2C)CC1. The van der Waals surface area contributed by atoms with Crippen molar-refractivity contribution < 1.29 is 9.68 Å². The maximum Gasteiger partial charge on any atom is 0.388 e. The monoisotopic (exact) mass is 340 g/mol. The van der Waals surface area contributed by atoms with Gasteiger partial charge in [-0.1, -0.05) is 25.4 Å². The van der Waals surface area contributed by atoms with E-state index in [0.717, 1.165) is 36.4 Å². The number of hydrogen-bond acceptors (Lipinski definition) is 3. The Balaban J connectivity index is 1.99. The van der Waals surface area contributed by atoms with E-state index in [4.69, 9.17) is 16.6 Å². The van der Waals surface area contributed by atoms with Gasteiger partial charge in [0.25, 0.3) is 0 Å². The molecule has 0 amide bonds. The van der Waals surface area contributed by atoms with E-state index < -0.39 is 0 Å². The Labute approximate surface area is 145 Å². The van der Waals surface area contributed by atoms with Gasteiger partial charge < -0.3 is 5.11 Å². The highest BCUT2D eigenvalue weighted by Gasteiger charge is 2.30. The Morgan fingerprint density at radius 3 is 2.91 bits per heavy atom. The molecule has 5 heteroatoms. The van der Waals surface area contributed by atoms with E-state index in [0.29, 0.717) is 25.0 Å². The average molecular weight is 341 g/mol. The van der Waals surface area contributed by atoms with Crippen molar-refractivity contribution in [2.45, 2.75) is 39.5 Å². The van der Waals surface area contributed by atoms with E-state index in [1.165, 1.54) is 19.3 Å². The lowest BCUT2D eigenvalue weighted by molar-refractivity contribution is -0.378. The van der Waals surface area contributed by atoms with Crippen LogP contribution in [-0.2, 0) is 0 Å². The van der Waals surface area contributed by atoms with Gasteiger partial charge in [0.2, 0.25) is 0 Å². The molecule has 3 atom stereocenters. The molecular weight excluding hydrogens is 310 g/mol. The van der Waals surface area contributed by atoms with Crippen molar-refractivity contribution in [3.05, 3.63) is 11.1 Å². The van der Waals surface area contributed by atoms with Crippen LogP contribution in [0.15, 0.2) is 16.1 Å². The molecule has 0 radical (unpaired) electrons. The summed E-state index contributed by atoms with van der Waals surface area (Å²) in [5.74, 6) is 3.03. The third-order valence-corrected chi connectivity index (χ3v) is 5.68. The van der Waals surface area contributed by atoms with Crippen molar-refractivity contribution in [2.24, 2.45) is 22.7 Å². The summed E-state index contributed by atoms with van der Waals surface area (Å²) in [6.07, 6.45) is 8.48. The largest absolute Gasteiger partial charge is 0.396 e. The first kappa shape index (κ1) is 18.5. The fraction of sp³-hybridized carbons (Fsp3) is 0.778. The second-order valence-electron chi connectivity index (χ2n) is 7.00. The van der Waals surface area contributed by atoms with Crippen LogP contribution >= 0.6 is 11.6 Å². The molecule has 1 saturated heterocycles. The predicted octanol–water partition coefficient (Wildman–Crippen LogP) is 2.95. The van der Waals surface area contributed by atoms with E-state index in [1.807, 2.05) is 23.9 Å². The van der Waals surface area contributed by atoms with Gasteiger partial charge in [-0.25, -0.2) is 4.58 Å². The Bertz CT molecular complexity index is 487. The molecule has 0 bridgehead atoms. The summed E-state index contributed by atoms with van der Waals surface area (Å²) in [6.45, 7) is 7.69. The minimum atomic E-state index is 0.301. The smallest absolute Gasteiger partial charge is 0.388 e. The Morgan fingerprint density at radius 1 is 1.39 bits per heavy atom. The van der Waals surface area contributed by atoms with Crippen LogP contribution in [0.2, 0.25) is 0 Å². The van der Waals surface area contributed by atoms with Gasteiger partial charge in [-0.3, -0.25) is 4.90 Å². The summed E-state index contributed by atoms with van der Waals surface area (Å²) < 4.78 is 2.05. The minimum Gasteiger partial charge on any atom is -0.396 e. The molecule has 0 aromatic carbocycles. The van der Waals surface area contributed by atoms with Crippen LogP contribution in [0.25, 0.3) is 0 Å². The predicted molar refractivity (Wildman–Crippen MR) is 97.4 cm³/mol. The number of aliphatic hydroxyl groups excluding tert-OH is 1. The van der Waals surface area contributed by atoms with Crippen LogP contribution in [0.3, 0.4) is 0 Å². The van der Waals surface area contributed by atoms with E-state index in [1.54, 1.807) is 0 Å². The summed E-state index contributed by atoms with van der Waals surface area (Å²) in [4.78, 5) is 7.10. The number of aliphatic hydroxyl groups is 1. The molecular formula is C18H31ClN3O+. The number of likely N-dealkylation sites (tertiary alicyclic amines) is 1. The molecule has 4 nitrogen and oxygen atoms in total. The molecule has 3 unspecified atom stereocenters. The standard InChI is InChI=1S/C18H31ClN3O/c1-14(8-12-23)15(2)16-5-4-10-22(11-7-16)18-20-9-6-17(19)13-21(18)3/h6,13-16,23H,4-5,7-12H2,1-3H3/q+1. The molecule has 0 saturated carbocycles. The normalized spacial score (nSPS) is 25.7. The first-order chi connectivity index (χ1) is 11.0. The van der Waals surface area contributed by atoms with Crippen LogP contribution in [-0.4, -0.2) is 60.0 Å². The van der Waals surface area contributed by atoms with E-state index in [2.05, 4.69) is 18.7 Å². The maximum atomic E-state index is 9.18. The zero-order valence-corrected chi connectivity index (χ0v) is 15.5. The molecule has 2 rings (SSSR count). The number of aliphatic imine (C=N–C) groups is 1. The molecule has 2 aliphatic rings. The molecule has 0 aliphatic carbocycles. The maximum absolute atomic E-state index is 9.18. The van der Waals surface area contributed by atoms with Gasteiger partial charge in [-0.15, -0.1) is 4.99 Å². The van der Waals surface area contributed by atoms with Gasteiger partial charge in [0.15, 0.2) is 0 Å². The number of allylic oxidation sites excluding steroid dienone is 1. The number of hydrogen-bond donors (Lipinski definition) is 1. The molecule has 130 valence electrons. The highest BCUT2D eigenvalue weighted by Crippen LogP contribution is 2.31. The fourth-order valence-corrected chi connectivity index (χ4v) is 3.94. The quantitative estimate of drug-likeness (QED) is 0.799. The molecule has 1 N–H and O–H groups in total. The zero-order chi connectivity index (χ0) is 16.8. The van der Waals surface area contributed by atoms with Crippen LogP contribution in [0.1, 0.15) is 39.5 Å². The average Bonchev–Trinajstić information content (AvgIpc) is 2.84. The van der Waals surface area contributed by atoms with Gasteiger partial charge in [-0.05, 0) is 49.5 Å². The van der Waals surface area contributed by atoms with Gasteiger partial charge in [0.1, 0.15) is 6.54 Å². The minimum absolute atomic E-state index is 0.301. The van der Waals surface area contributed by atoms with Crippen LogP contribution in [0, 0.1) is 17.8 Å². The molecule has 0 aromatic heterocycles. The molecule has 2 heterocycles. The lowest BCUT2D eigenvalue weighted by Gasteiger charge is -2.27. The van der Waals surface area contributed by atoms with Gasteiger partial charge >= 0.3 is 5.96 Å². The summed E-state index contributed by atoms with van der Waals surface area (Å²) in [6, 6.07) is 0. The van der Waals surface area contributed by atoms with Crippen molar-refractivity contribution in [1.29, 1.82) is 0 Å². The van der Waals surface area contributed by atoms with Crippen molar-refractivity contribution in [1.82, 2.24) is 4.90 Å².